The van der Waals surface area contributed by atoms with E-state index in [0.717, 1.165) is 11.3 Å². The second-order valence-electron chi connectivity index (χ2n) is 4.20. The lowest BCUT2D eigenvalue weighted by Gasteiger charge is -2.10. The summed E-state index contributed by atoms with van der Waals surface area (Å²) in [6.45, 7) is 2.59. The van der Waals surface area contributed by atoms with Crippen LogP contribution in [0.25, 0.3) is 0 Å². The zero-order valence-electron chi connectivity index (χ0n) is 11.0. The SMILES string of the molecule is CNCc1c(C)nn(C)c1Oc1ccc(F)cc1Br. The summed E-state index contributed by atoms with van der Waals surface area (Å²) in [5.41, 5.74) is 1.89. The third kappa shape index (κ3) is 2.96. The molecule has 2 aromatic rings. The van der Waals surface area contributed by atoms with Crippen LogP contribution < -0.4 is 10.1 Å². The number of nitrogens with zero attached hydrogens (tertiary/aromatic N) is 2. The minimum Gasteiger partial charge on any atom is -0.438 e. The lowest BCUT2D eigenvalue weighted by Crippen LogP contribution is -2.07. The fourth-order valence-electron chi connectivity index (χ4n) is 1.85. The Labute approximate surface area is 119 Å². The second kappa shape index (κ2) is 5.71. The summed E-state index contributed by atoms with van der Waals surface area (Å²) in [7, 11) is 3.68. The first-order valence-corrected chi connectivity index (χ1v) is 6.62. The molecule has 0 atom stereocenters. The van der Waals surface area contributed by atoms with Crippen molar-refractivity contribution in [3.05, 3.63) is 39.7 Å². The van der Waals surface area contributed by atoms with E-state index in [9.17, 15) is 4.39 Å². The van der Waals surface area contributed by atoms with E-state index in [0.29, 0.717) is 22.6 Å². The first-order chi connectivity index (χ1) is 9.02. The summed E-state index contributed by atoms with van der Waals surface area (Å²) in [5, 5.41) is 7.42. The minimum absolute atomic E-state index is 0.309. The number of nitrogens with one attached hydrogen (secondary N) is 1. The lowest BCUT2D eigenvalue weighted by atomic mass is 10.2. The van der Waals surface area contributed by atoms with Gasteiger partial charge in [0.25, 0.3) is 0 Å². The Morgan fingerprint density at radius 3 is 2.84 bits per heavy atom. The van der Waals surface area contributed by atoms with Gasteiger partial charge in [-0.15, -0.1) is 0 Å². The number of benzene rings is 1. The van der Waals surface area contributed by atoms with E-state index < -0.39 is 0 Å². The monoisotopic (exact) mass is 327 g/mol. The summed E-state index contributed by atoms with van der Waals surface area (Å²) in [6.07, 6.45) is 0. The van der Waals surface area contributed by atoms with Crippen LogP contribution in [0.15, 0.2) is 22.7 Å². The highest BCUT2D eigenvalue weighted by molar-refractivity contribution is 9.10. The topological polar surface area (TPSA) is 39.1 Å². The van der Waals surface area contributed by atoms with Crippen molar-refractivity contribution in [1.82, 2.24) is 15.1 Å². The van der Waals surface area contributed by atoms with Crippen molar-refractivity contribution in [2.75, 3.05) is 7.05 Å². The average molecular weight is 328 g/mol. The van der Waals surface area contributed by atoms with Gasteiger partial charge in [-0.3, -0.25) is 0 Å². The molecule has 0 spiro atoms. The molecule has 6 heteroatoms. The van der Waals surface area contributed by atoms with Crippen LogP contribution in [0, 0.1) is 12.7 Å². The van der Waals surface area contributed by atoms with Crippen LogP contribution in [0.4, 0.5) is 4.39 Å². The number of aryl methyl sites for hydroxylation is 2. The van der Waals surface area contributed by atoms with E-state index in [2.05, 4.69) is 26.3 Å². The number of rotatable bonds is 4. The highest BCUT2D eigenvalue weighted by atomic mass is 79.9. The molecule has 0 radical (unpaired) electrons. The Morgan fingerprint density at radius 2 is 2.21 bits per heavy atom. The van der Waals surface area contributed by atoms with E-state index in [1.165, 1.54) is 12.1 Å². The molecule has 1 aromatic heterocycles. The predicted octanol–water partition coefficient (Wildman–Crippen LogP) is 3.14. The van der Waals surface area contributed by atoms with Crippen molar-refractivity contribution in [3.63, 3.8) is 0 Å². The number of ether oxygens (including phenoxy) is 1. The van der Waals surface area contributed by atoms with Gasteiger partial charge in [-0.2, -0.15) is 5.10 Å². The maximum absolute atomic E-state index is 13.1. The van der Waals surface area contributed by atoms with Crippen LogP contribution in [0.1, 0.15) is 11.3 Å². The molecule has 0 saturated heterocycles. The van der Waals surface area contributed by atoms with Gasteiger partial charge in [-0.1, -0.05) is 0 Å². The highest BCUT2D eigenvalue weighted by Crippen LogP contribution is 2.32. The molecule has 0 aliphatic heterocycles. The zero-order chi connectivity index (χ0) is 14.0. The van der Waals surface area contributed by atoms with Crippen molar-refractivity contribution in [2.24, 2.45) is 7.05 Å². The van der Waals surface area contributed by atoms with Crippen LogP contribution in [0.5, 0.6) is 11.6 Å². The van der Waals surface area contributed by atoms with Crippen molar-refractivity contribution in [1.29, 1.82) is 0 Å². The Balaban J connectivity index is 2.37. The standard InChI is InChI=1S/C13H15BrFN3O/c1-8-10(7-16-2)13(18(3)17-8)19-12-5-4-9(15)6-11(12)14/h4-6,16H,7H2,1-3H3. The molecule has 0 bridgehead atoms. The Kier molecular flexibility index (Phi) is 4.21. The third-order valence-electron chi connectivity index (χ3n) is 2.74. The summed E-state index contributed by atoms with van der Waals surface area (Å²) < 4.78 is 21.2. The third-order valence-corrected chi connectivity index (χ3v) is 3.36. The van der Waals surface area contributed by atoms with Gasteiger partial charge in [0.15, 0.2) is 0 Å². The largest absolute Gasteiger partial charge is 0.438 e. The van der Waals surface area contributed by atoms with Crippen molar-refractivity contribution in [3.8, 4) is 11.6 Å². The molecular weight excluding hydrogens is 313 g/mol. The second-order valence-corrected chi connectivity index (χ2v) is 5.05. The molecule has 102 valence electrons. The van der Waals surface area contributed by atoms with Gasteiger partial charge in [-0.05, 0) is 48.1 Å². The van der Waals surface area contributed by atoms with E-state index in [4.69, 9.17) is 4.74 Å². The number of aromatic nitrogens is 2. The van der Waals surface area contributed by atoms with Crippen LogP contribution in [-0.4, -0.2) is 16.8 Å². The van der Waals surface area contributed by atoms with Crippen molar-refractivity contribution in [2.45, 2.75) is 13.5 Å². The smallest absolute Gasteiger partial charge is 0.222 e. The fraction of sp³-hybridized carbons (Fsp3) is 0.308. The summed E-state index contributed by atoms with van der Waals surface area (Å²) in [5.74, 6) is 0.900. The van der Waals surface area contributed by atoms with Gasteiger partial charge in [0.2, 0.25) is 5.88 Å². The maximum Gasteiger partial charge on any atom is 0.222 e. The molecule has 4 nitrogen and oxygen atoms in total. The maximum atomic E-state index is 13.1. The molecule has 0 aliphatic carbocycles. The number of halogens is 2. The zero-order valence-corrected chi connectivity index (χ0v) is 12.6. The minimum atomic E-state index is -0.309. The first kappa shape index (κ1) is 14.0. The Hall–Kier alpha value is -1.40. The van der Waals surface area contributed by atoms with E-state index in [1.54, 1.807) is 10.7 Å². The van der Waals surface area contributed by atoms with Gasteiger partial charge in [0, 0.05) is 13.6 Å². The van der Waals surface area contributed by atoms with E-state index >= 15 is 0 Å². The summed E-state index contributed by atoms with van der Waals surface area (Å²) in [4.78, 5) is 0. The van der Waals surface area contributed by atoms with Gasteiger partial charge in [0.1, 0.15) is 11.6 Å². The van der Waals surface area contributed by atoms with Crippen LogP contribution in [0.3, 0.4) is 0 Å². The van der Waals surface area contributed by atoms with Crippen LogP contribution >= 0.6 is 15.9 Å². The Bertz CT molecular complexity index is 598. The number of hydrogen-bond acceptors (Lipinski definition) is 3. The number of hydrogen-bond donors (Lipinski definition) is 1. The quantitative estimate of drug-likeness (QED) is 0.937. The van der Waals surface area contributed by atoms with E-state index in [1.807, 2.05) is 21.0 Å². The molecule has 0 fully saturated rings. The molecule has 2 rings (SSSR count). The highest BCUT2D eigenvalue weighted by Gasteiger charge is 2.16. The molecule has 0 unspecified atom stereocenters. The van der Waals surface area contributed by atoms with E-state index in [-0.39, 0.29) is 5.82 Å². The van der Waals surface area contributed by atoms with Crippen LogP contribution in [-0.2, 0) is 13.6 Å². The molecule has 19 heavy (non-hydrogen) atoms. The molecule has 0 aliphatic rings. The summed E-state index contributed by atoms with van der Waals surface area (Å²) >= 11 is 3.29. The normalized spacial score (nSPS) is 10.8. The summed E-state index contributed by atoms with van der Waals surface area (Å²) in [6, 6.07) is 4.32. The lowest BCUT2D eigenvalue weighted by molar-refractivity contribution is 0.421. The fourth-order valence-corrected chi connectivity index (χ4v) is 2.28. The molecule has 1 aromatic carbocycles. The van der Waals surface area contributed by atoms with Gasteiger partial charge >= 0.3 is 0 Å². The molecule has 1 N–H and O–H groups in total. The molecule has 1 heterocycles. The van der Waals surface area contributed by atoms with Gasteiger partial charge < -0.3 is 10.1 Å². The van der Waals surface area contributed by atoms with Crippen LogP contribution in [0.2, 0.25) is 0 Å². The average Bonchev–Trinajstić information content (AvgIpc) is 2.60. The molecular formula is C13H15BrFN3O. The van der Waals surface area contributed by atoms with Crippen molar-refractivity contribution >= 4 is 15.9 Å². The predicted molar refractivity (Wildman–Crippen MR) is 74.9 cm³/mol. The van der Waals surface area contributed by atoms with Gasteiger partial charge in [-0.25, -0.2) is 9.07 Å². The Morgan fingerprint density at radius 1 is 1.47 bits per heavy atom. The molecule has 0 amide bonds. The first-order valence-electron chi connectivity index (χ1n) is 5.83. The van der Waals surface area contributed by atoms with Gasteiger partial charge in [0.05, 0.1) is 15.7 Å². The van der Waals surface area contributed by atoms with Crippen molar-refractivity contribution < 1.29 is 9.13 Å². The molecule has 0 saturated carbocycles.